The summed E-state index contributed by atoms with van der Waals surface area (Å²) in [7, 11) is 0. The monoisotopic (exact) mass is 233 g/mol. The molecule has 3 rings (SSSR count). The van der Waals surface area contributed by atoms with Gasteiger partial charge < -0.3 is 4.90 Å². The van der Waals surface area contributed by atoms with E-state index < -0.39 is 0 Å². The molecule has 0 N–H and O–H groups in total. The van der Waals surface area contributed by atoms with Crippen LogP contribution in [-0.2, 0) is 11.2 Å². The van der Waals surface area contributed by atoms with Gasteiger partial charge >= 0.3 is 0 Å². The largest absolute Gasteiger partial charge is 0.368 e. The van der Waals surface area contributed by atoms with E-state index in [-0.39, 0.29) is 5.82 Å². The fourth-order valence-electron chi connectivity index (χ4n) is 3.03. The second-order valence-corrected chi connectivity index (χ2v) is 4.95. The molecule has 0 spiro atoms. The van der Waals surface area contributed by atoms with Crippen molar-refractivity contribution in [3.8, 4) is 0 Å². The van der Waals surface area contributed by atoms with E-state index in [1.54, 1.807) is 6.07 Å². The summed E-state index contributed by atoms with van der Waals surface area (Å²) in [6, 6.07) is 5.74. The first-order valence-corrected chi connectivity index (χ1v) is 6.31. The lowest BCUT2D eigenvalue weighted by molar-refractivity contribution is -0.120. The quantitative estimate of drug-likeness (QED) is 0.743. The van der Waals surface area contributed by atoms with Gasteiger partial charge in [-0.25, -0.2) is 4.39 Å². The predicted octanol–water partition coefficient (Wildman–Crippen LogP) is 2.70. The number of hydrogen-bond acceptors (Lipinski definition) is 2. The van der Waals surface area contributed by atoms with Gasteiger partial charge in [0.15, 0.2) is 0 Å². The minimum atomic E-state index is -0.0862. The molecule has 1 aliphatic carbocycles. The maximum Gasteiger partial charge on any atom is 0.133 e. The zero-order valence-corrected chi connectivity index (χ0v) is 9.79. The average Bonchev–Trinajstić information content (AvgIpc) is 2.75. The number of carbonyl (C=O) groups is 1. The molecule has 1 heterocycles. The molecular weight excluding hydrogens is 217 g/mol. The van der Waals surface area contributed by atoms with Gasteiger partial charge in [0.05, 0.1) is 0 Å². The van der Waals surface area contributed by atoms with Gasteiger partial charge in [-0.15, -0.1) is 0 Å². The molecule has 1 aliphatic heterocycles. The summed E-state index contributed by atoms with van der Waals surface area (Å²) in [5.74, 6) is 0.289. The standard InChI is InChI=1S/C14H16FNO/c15-13-2-1-3-14-12(13)8-9-16(14)10-4-6-11(17)7-5-10/h1-3,10H,4-9H2. The molecule has 90 valence electrons. The summed E-state index contributed by atoms with van der Waals surface area (Å²) in [5.41, 5.74) is 1.90. The number of ketones is 1. The lowest BCUT2D eigenvalue weighted by Crippen LogP contribution is -2.37. The molecule has 0 atom stereocenters. The second kappa shape index (κ2) is 4.13. The van der Waals surface area contributed by atoms with E-state index in [0.717, 1.165) is 37.1 Å². The van der Waals surface area contributed by atoms with Gasteiger partial charge in [-0.05, 0) is 31.4 Å². The van der Waals surface area contributed by atoms with Crippen molar-refractivity contribution < 1.29 is 9.18 Å². The third-order valence-electron chi connectivity index (χ3n) is 3.96. The van der Waals surface area contributed by atoms with Gasteiger partial charge in [-0.3, -0.25) is 4.79 Å². The Morgan fingerprint density at radius 3 is 2.71 bits per heavy atom. The molecule has 0 unspecified atom stereocenters. The van der Waals surface area contributed by atoms with Crippen molar-refractivity contribution >= 4 is 11.5 Å². The Labute approximate surface area is 100 Å². The van der Waals surface area contributed by atoms with Crippen molar-refractivity contribution in [2.24, 2.45) is 0 Å². The van der Waals surface area contributed by atoms with Crippen LogP contribution in [0.1, 0.15) is 31.2 Å². The van der Waals surface area contributed by atoms with Crippen LogP contribution in [0.25, 0.3) is 0 Å². The normalized spacial score (nSPS) is 20.8. The summed E-state index contributed by atoms with van der Waals surface area (Å²) >= 11 is 0. The minimum absolute atomic E-state index is 0.0862. The summed E-state index contributed by atoms with van der Waals surface area (Å²) in [6.45, 7) is 0.898. The smallest absolute Gasteiger partial charge is 0.133 e. The number of anilines is 1. The second-order valence-electron chi connectivity index (χ2n) is 4.95. The van der Waals surface area contributed by atoms with E-state index in [9.17, 15) is 9.18 Å². The molecule has 3 heteroatoms. The van der Waals surface area contributed by atoms with E-state index in [4.69, 9.17) is 0 Å². The lowest BCUT2D eigenvalue weighted by Gasteiger charge is -2.32. The highest BCUT2D eigenvalue weighted by molar-refractivity contribution is 5.79. The minimum Gasteiger partial charge on any atom is -0.368 e. The van der Waals surface area contributed by atoms with Crippen molar-refractivity contribution in [2.75, 3.05) is 11.4 Å². The van der Waals surface area contributed by atoms with Crippen LogP contribution in [0.4, 0.5) is 10.1 Å². The van der Waals surface area contributed by atoms with Crippen molar-refractivity contribution in [3.05, 3.63) is 29.6 Å². The van der Waals surface area contributed by atoms with Crippen molar-refractivity contribution in [1.29, 1.82) is 0 Å². The van der Waals surface area contributed by atoms with Crippen LogP contribution in [0.5, 0.6) is 0 Å². The Bertz CT molecular complexity index is 448. The first kappa shape index (κ1) is 10.8. The fourth-order valence-corrected chi connectivity index (χ4v) is 3.03. The molecule has 0 bridgehead atoms. The maximum atomic E-state index is 13.6. The number of rotatable bonds is 1. The van der Waals surface area contributed by atoms with Gasteiger partial charge in [0, 0.05) is 36.7 Å². The molecule has 1 aromatic carbocycles. The molecule has 0 aromatic heterocycles. The van der Waals surface area contributed by atoms with Gasteiger partial charge in [0.25, 0.3) is 0 Å². The molecule has 2 aliphatic rings. The first-order valence-electron chi connectivity index (χ1n) is 6.31. The number of carbonyl (C=O) groups excluding carboxylic acids is 1. The number of nitrogens with zero attached hydrogens (tertiary/aromatic N) is 1. The predicted molar refractivity (Wildman–Crippen MR) is 64.7 cm³/mol. The maximum absolute atomic E-state index is 13.6. The fraction of sp³-hybridized carbons (Fsp3) is 0.500. The molecule has 1 aromatic rings. The van der Waals surface area contributed by atoms with E-state index in [0.29, 0.717) is 24.7 Å². The molecule has 0 saturated heterocycles. The molecule has 2 nitrogen and oxygen atoms in total. The van der Waals surface area contributed by atoms with Gasteiger partial charge in [-0.2, -0.15) is 0 Å². The van der Waals surface area contributed by atoms with E-state index in [2.05, 4.69) is 4.90 Å². The molecule has 1 saturated carbocycles. The molecule has 0 radical (unpaired) electrons. The summed E-state index contributed by atoms with van der Waals surface area (Å²) < 4.78 is 13.6. The summed E-state index contributed by atoms with van der Waals surface area (Å²) in [5, 5.41) is 0. The van der Waals surface area contributed by atoms with Gasteiger partial charge in [0.2, 0.25) is 0 Å². The summed E-state index contributed by atoms with van der Waals surface area (Å²) in [6.07, 6.45) is 4.02. The SMILES string of the molecule is O=C1CCC(N2CCc3c(F)cccc32)CC1. The molecule has 17 heavy (non-hydrogen) atoms. The number of benzene rings is 1. The Morgan fingerprint density at radius 2 is 1.94 bits per heavy atom. The van der Waals surface area contributed by atoms with Crippen LogP contribution in [0.2, 0.25) is 0 Å². The number of Topliss-reactive ketones (excluding diaryl/α,β-unsaturated/α-hetero) is 1. The van der Waals surface area contributed by atoms with E-state index in [1.807, 2.05) is 6.07 Å². The van der Waals surface area contributed by atoms with Crippen molar-refractivity contribution in [3.63, 3.8) is 0 Å². The Hall–Kier alpha value is -1.38. The summed E-state index contributed by atoms with van der Waals surface area (Å²) in [4.78, 5) is 13.5. The van der Waals surface area contributed by atoms with Crippen molar-refractivity contribution in [1.82, 2.24) is 0 Å². The van der Waals surface area contributed by atoms with Crippen LogP contribution < -0.4 is 4.90 Å². The average molecular weight is 233 g/mol. The number of halogens is 1. The van der Waals surface area contributed by atoms with E-state index in [1.165, 1.54) is 6.07 Å². The zero-order valence-electron chi connectivity index (χ0n) is 9.79. The highest BCUT2D eigenvalue weighted by atomic mass is 19.1. The number of fused-ring (bicyclic) bond motifs is 1. The lowest BCUT2D eigenvalue weighted by atomic mass is 9.93. The number of hydrogen-bond donors (Lipinski definition) is 0. The van der Waals surface area contributed by atoms with Gasteiger partial charge in [-0.1, -0.05) is 6.07 Å². The highest BCUT2D eigenvalue weighted by Crippen LogP contribution is 2.34. The highest BCUT2D eigenvalue weighted by Gasteiger charge is 2.30. The van der Waals surface area contributed by atoms with Gasteiger partial charge in [0.1, 0.15) is 11.6 Å². The van der Waals surface area contributed by atoms with Crippen LogP contribution in [-0.4, -0.2) is 18.4 Å². The topological polar surface area (TPSA) is 20.3 Å². The van der Waals surface area contributed by atoms with E-state index >= 15 is 0 Å². The van der Waals surface area contributed by atoms with Crippen LogP contribution >= 0.6 is 0 Å². The zero-order chi connectivity index (χ0) is 11.8. The van der Waals surface area contributed by atoms with Crippen LogP contribution in [0, 0.1) is 5.82 Å². The van der Waals surface area contributed by atoms with Crippen molar-refractivity contribution in [2.45, 2.75) is 38.1 Å². The van der Waals surface area contributed by atoms with Crippen LogP contribution in [0.15, 0.2) is 18.2 Å². The Morgan fingerprint density at radius 1 is 1.18 bits per heavy atom. The third kappa shape index (κ3) is 1.84. The molecular formula is C14H16FNO. The first-order chi connectivity index (χ1) is 8.25. The Kier molecular flexibility index (Phi) is 2.61. The molecule has 0 amide bonds. The van der Waals surface area contributed by atoms with Crippen LogP contribution in [0.3, 0.4) is 0 Å². The molecule has 1 fully saturated rings. The Balaban J connectivity index is 1.84. The third-order valence-corrected chi connectivity index (χ3v) is 3.96.